The molecule has 2 rings (SSSR count). The first kappa shape index (κ1) is 14.2. The normalized spacial score (nSPS) is 12.4. The van der Waals surface area contributed by atoms with Crippen LogP contribution in [0.5, 0.6) is 0 Å². The van der Waals surface area contributed by atoms with Crippen LogP contribution in [0, 0.1) is 6.92 Å². The Hall–Kier alpha value is -1.25. The van der Waals surface area contributed by atoms with E-state index < -0.39 is 0 Å². The predicted molar refractivity (Wildman–Crippen MR) is 84.7 cm³/mol. The molecule has 0 aromatic heterocycles. The molecular formula is C17H21NS. The van der Waals surface area contributed by atoms with Gasteiger partial charge in [-0.1, -0.05) is 42.0 Å². The predicted octanol–water partition coefficient (Wildman–Crippen LogP) is 4.57. The maximum atomic E-state index is 3.57. The molecule has 0 saturated heterocycles. The number of aryl methyl sites for hydroxylation is 1. The molecule has 0 aliphatic rings. The Kier molecular flexibility index (Phi) is 5.06. The number of thioether (sulfide) groups is 1. The molecule has 1 atom stereocenters. The van der Waals surface area contributed by atoms with Gasteiger partial charge < -0.3 is 5.32 Å². The van der Waals surface area contributed by atoms with Crippen LogP contribution in [-0.2, 0) is 6.54 Å². The summed E-state index contributed by atoms with van der Waals surface area (Å²) in [6, 6.07) is 17.8. The number of hydrogen-bond acceptors (Lipinski definition) is 2. The lowest BCUT2D eigenvalue weighted by atomic mass is 10.1. The molecule has 2 aromatic rings. The summed E-state index contributed by atoms with van der Waals surface area (Å²) in [5, 5.41) is 3.57. The van der Waals surface area contributed by atoms with Crippen molar-refractivity contribution in [2.24, 2.45) is 0 Å². The fourth-order valence-electron chi connectivity index (χ4n) is 2.10. The van der Waals surface area contributed by atoms with Crippen molar-refractivity contribution in [2.45, 2.75) is 31.3 Å². The Morgan fingerprint density at radius 2 is 1.84 bits per heavy atom. The second-order valence-corrected chi connectivity index (χ2v) is 5.74. The Bertz CT molecular complexity index is 519. The van der Waals surface area contributed by atoms with Gasteiger partial charge in [-0.25, -0.2) is 0 Å². The summed E-state index contributed by atoms with van der Waals surface area (Å²) in [7, 11) is 0. The first-order valence-electron chi connectivity index (χ1n) is 6.62. The fraction of sp³-hybridized carbons (Fsp3) is 0.294. The third kappa shape index (κ3) is 4.12. The van der Waals surface area contributed by atoms with Crippen molar-refractivity contribution in [2.75, 3.05) is 6.26 Å². The van der Waals surface area contributed by atoms with Crippen LogP contribution in [0.15, 0.2) is 53.4 Å². The summed E-state index contributed by atoms with van der Waals surface area (Å²) in [6.45, 7) is 5.26. The quantitative estimate of drug-likeness (QED) is 0.800. The van der Waals surface area contributed by atoms with E-state index in [-0.39, 0.29) is 0 Å². The molecule has 0 heterocycles. The maximum absolute atomic E-state index is 3.57. The topological polar surface area (TPSA) is 12.0 Å². The zero-order chi connectivity index (χ0) is 13.7. The summed E-state index contributed by atoms with van der Waals surface area (Å²) in [4.78, 5) is 1.31. The van der Waals surface area contributed by atoms with Gasteiger partial charge in [0.15, 0.2) is 0 Å². The van der Waals surface area contributed by atoms with E-state index in [4.69, 9.17) is 0 Å². The zero-order valence-electron chi connectivity index (χ0n) is 11.8. The summed E-state index contributed by atoms with van der Waals surface area (Å²) in [6.07, 6.45) is 2.11. The van der Waals surface area contributed by atoms with Crippen LogP contribution >= 0.6 is 11.8 Å². The molecule has 2 heteroatoms. The van der Waals surface area contributed by atoms with E-state index in [9.17, 15) is 0 Å². The third-order valence-corrected chi connectivity index (χ3v) is 4.05. The van der Waals surface area contributed by atoms with Crippen molar-refractivity contribution in [3.63, 3.8) is 0 Å². The van der Waals surface area contributed by atoms with E-state index in [1.165, 1.54) is 21.6 Å². The average Bonchev–Trinajstić information content (AvgIpc) is 2.45. The van der Waals surface area contributed by atoms with Crippen LogP contribution in [-0.4, -0.2) is 6.26 Å². The lowest BCUT2D eigenvalue weighted by molar-refractivity contribution is 0.574. The molecule has 0 saturated carbocycles. The number of hydrogen-bond donors (Lipinski definition) is 1. The molecular weight excluding hydrogens is 250 g/mol. The number of nitrogens with one attached hydrogen (secondary N) is 1. The number of benzene rings is 2. The summed E-state index contributed by atoms with van der Waals surface area (Å²) < 4.78 is 0. The van der Waals surface area contributed by atoms with E-state index in [0.717, 1.165) is 6.54 Å². The molecule has 2 aromatic carbocycles. The molecule has 19 heavy (non-hydrogen) atoms. The lowest BCUT2D eigenvalue weighted by Gasteiger charge is -2.15. The minimum atomic E-state index is 0.372. The van der Waals surface area contributed by atoms with Crippen LogP contribution in [0.25, 0.3) is 0 Å². The second-order valence-electron chi connectivity index (χ2n) is 4.86. The van der Waals surface area contributed by atoms with Crippen LogP contribution < -0.4 is 5.32 Å². The molecule has 0 aliphatic carbocycles. The number of rotatable bonds is 5. The van der Waals surface area contributed by atoms with Crippen molar-refractivity contribution in [1.29, 1.82) is 0 Å². The SMILES string of the molecule is CSc1ccc(C(C)NCc2cccc(C)c2)cc1. The molecule has 0 radical (unpaired) electrons. The highest BCUT2D eigenvalue weighted by atomic mass is 32.2. The zero-order valence-corrected chi connectivity index (χ0v) is 12.6. The standard InChI is InChI=1S/C17H21NS/c1-13-5-4-6-15(11-13)12-18-14(2)16-7-9-17(19-3)10-8-16/h4-11,14,18H,12H2,1-3H3. The van der Waals surface area contributed by atoms with Gasteiger partial charge in [0, 0.05) is 17.5 Å². The Labute approximate surface area is 120 Å². The average molecular weight is 271 g/mol. The van der Waals surface area contributed by atoms with Crippen LogP contribution in [0.1, 0.15) is 29.7 Å². The van der Waals surface area contributed by atoms with Crippen molar-refractivity contribution in [3.8, 4) is 0 Å². The smallest absolute Gasteiger partial charge is 0.0294 e. The molecule has 1 nitrogen and oxygen atoms in total. The fourth-order valence-corrected chi connectivity index (χ4v) is 2.51. The molecule has 0 spiro atoms. The van der Waals surface area contributed by atoms with Crippen LogP contribution in [0.4, 0.5) is 0 Å². The van der Waals surface area contributed by atoms with Gasteiger partial charge in [-0.05, 0) is 43.4 Å². The maximum Gasteiger partial charge on any atom is 0.0294 e. The van der Waals surface area contributed by atoms with Gasteiger partial charge in [0.25, 0.3) is 0 Å². The summed E-state index contributed by atoms with van der Waals surface area (Å²) in [5.41, 5.74) is 3.99. The van der Waals surface area contributed by atoms with Gasteiger partial charge >= 0.3 is 0 Å². The highest BCUT2D eigenvalue weighted by Gasteiger charge is 2.04. The van der Waals surface area contributed by atoms with Crippen LogP contribution in [0.2, 0.25) is 0 Å². The minimum Gasteiger partial charge on any atom is -0.306 e. The van der Waals surface area contributed by atoms with Gasteiger partial charge in [-0.3, -0.25) is 0 Å². The van der Waals surface area contributed by atoms with Crippen molar-refractivity contribution < 1.29 is 0 Å². The lowest BCUT2D eigenvalue weighted by Crippen LogP contribution is -2.18. The van der Waals surface area contributed by atoms with E-state index in [2.05, 4.69) is 74.0 Å². The van der Waals surface area contributed by atoms with E-state index in [1.54, 1.807) is 11.8 Å². The molecule has 0 fully saturated rings. The molecule has 1 N–H and O–H groups in total. The van der Waals surface area contributed by atoms with Gasteiger partial charge in [0.05, 0.1) is 0 Å². The van der Waals surface area contributed by atoms with Crippen molar-refractivity contribution in [1.82, 2.24) is 5.32 Å². The highest BCUT2D eigenvalue weighted by Crippen LogP contribution is 2.19. The molecule has 0 amide bonds. The molecule has 0 aliphatic heterocycles. The first-order valence-corrected chi connectivity index (χ1v) is 7.84. The third-order valence-electron chi connectivity index (χ3n) is 3.31. The molecule has 0 bridgehead atoms. The Morgan fingerprint density at radius 3 is 2.47 bits per heavy atom. The first-order chi connectivity index (χ1) is 9.19. The Morgan fingerprint density at radius 1 is 1.11 bits per heavy atom. The van der Waals surface area contributed by atoms with Gasteiger partial charge in [-0.2, -0.15) is 0 Å². The van der Waals surface area contributed by atoms with Crippen molar-refractivity contribution >= 4 is 11.8 Å². The van der Waals surface area contributed by atoms with Crippen molar-refractivity contribution in [3.05, 3.63) is 65.2 Å². The second kappa shape index (κ2) is 6.78. The molecule has 1 unspecified atom stereocenters. The minimum absolute atomic E-state index is 0.372. The van der Waals surface area contributed by atoms with E-state index >= 15 is 0 Å². The van der Waals surface area contributed by atoms with Gasteiger partial charge in [-0.15, -0.1) is 11.8 Å². The van der Waals surface area contributed by atoms with Crippen LogP contribution in [0.3, 0.4) is 0 Å². The largest absolute Gasteiger partial charge is 0.306 e. The van der Waals surface area contributed by atoms with Gasteiger partial charge in [0.2, 0.25) is 0 Å². The monoisotopic (exact) mass is 271 g/mol. The van der Waals surface area contributed by atoms with E-state index in [1.807, 2.05) is 0 Å². The molecule has 100 valence electrons. The van der Waals surface area contributed by atoms with Gasteiger partial charge in [0.1, 0.15) is 0 Å². The summed E-state index contributed by atoms with van der Waals surface area (Å²) in [5.74, 6) is 0. The van der Waals surface area contributed by atoms with E-state index in [0.29, 0.717) is 6.04 Å². The Balaban J connectivity index is 1.95. The summed E-state index contributed by atoms with van der Waals surface area (Å²) >= 11 is 1.78. The highest BCUT2D eigenvalue weighted by molar-refractivity contribution is 7.98.